The molecule has 1 aliphatic rings. The van der Waals surface area contributed by atoms with E-state index in [0.717, 1.165) is 22.4 Å². The number of carbonyl (C=O) groups excluding carboxylic acids is 1. The van der Waals surface area contributed by atoms with E-state index in [4.69, 9.17) is 22.3 Å². The Kier molecular flexibility index (Phi) is 6.46. The first-order valence-corrected chi connectivity index (χ1v) is 13.1. The number of nitrogen functional groups attached to an aromatic ring is 1. The average Bonchev–Trinajstić information content (AvgIpc) is 3.44. The van der Waals surface area contributed by atoms with Crippen molar-refractivity contribution in [3.05, 3.63) is 67.9 Å². The van der Waals surface area contributed by atoms with Gasteiger partial charge in [0.25, 0.3) is 11.5 Å². The molecule has 1 amide bonds. The average molecular weight is 540 g/mol. The van der Waals surface area contributed by atoms with Crippen molar-refractivity contribution in [1.29, 1.82) is 0 Å². The third kappa shape index (κ3) is 4.46. The lowest BCUT2D eigenvalue weighted by molar-refractivity contribution is 0.0980. The highest BCUT2D eigenvalue weighted by atomic mass is 35.5. The van der Waals surface area contributed by atoms with Gasteiger partial charge >= 0.3 is 0 Å². The standard InChI is InChI=1S/C24H26ClN9O2S/c1-11-7-13(12(2)27-16-5-6-18(25)28-20(16)22(35)32-37-4)19-14(8-11)23(36)33(3)24(29-19)34-9-15-17(10-34)30-31-21(15)26/h5-8,12,27H,9-10H2,1-4H3,(H,32,35)(H3,26,30,31). The molecular weight excluding hydrogens is 514 g/mol. The second-order valence-electron chi connectivity index (χ2n) is 8.98. The summed E-state index contributed by atoms with van der Waals surface area (Å²) >= 11 is 7.24. The van der Waals surface area contributed by atoms with Gasteiger partial charge in [-0.3, -0.25) is 24.0 Å². The molecule has 1 aliphatic heterocycles. The Hall–Kier alpha value is -3.77. The zero-order chi connectivity index (χ0) is 26.4. The minimum atomic E-state index is -0.362. The third-order valence-corrected chi connectivity index (χ3v) is 7.01. The van der Waals surface area contributed by atoms with Crippen LogP contribution in [0.5, 0.6) is 0 Å². The lowest BCUT2D eigenvalue weighted by Gasteiger charge is -2.23. The molecule has 0 bridgehead atoms. The van der Waals surface area contributed by atoms with E-state index < -0.39 is 0 Å². The zero-order valence-electron chi connectivity index (χ0n) is 20.7. The second-order valence-corrected chi connectivity index (χ2v) is 9.98. The number of hydrogen-bond acceptors (Lipinski definition) is 9. The van der Waals surface area contributed by atoms with Crippen LogP contribution in [0.15, 0.2) is 29.1 Å². The summed E-state index contributed by atoms with van der Waals surface area (Å²) in [4.78, 5) is 37.3. The monoisotopic (exact) mass is 539 g/mol. The number of H-pyrrole nitrogens is 1. The summed E-state index contributed by atoms with van der Waals surface area (Å²) in [5.74, 6) is 0.626. The van der Waals surface area contributed by atoms with Gasteiger partial charge in [0.05, 0.1) is 41.4 Å². The maximum Gasteiger partial charge on any atom is 0.281 e. The van der Waals surface area contributed by atoms with Crippen LogP contribution in [0.4, 0.5) is 17.5 Å². The van der Waals surface area contributed by atoms with Crippen molar-refractivity contribution >= 4 is 57.8 Å². The Labute approximate surface area is 221 Å². The van der Waals surface area contributed by atoms with Gasteiger partial charge in [0, 0.05) is 24.4 Å². The molecule has 0 fully saturated rings. The van der Waals surface area contributed by atoms with Crippen LogP contribution in [0.1, 0.15) is 45.8 Å². The lowest BCUT2D eigenvalue weighted by Crippen LogP contribution is -2.29. The van der Waals surface area contributed by atoms with Gasteiger partial charge in [-0.25, -0.2) is 9.97 Å². The Balaban J connectivity index is 1.57. The Morgan fingerprint density at radius 1 is 1.27 bits per heavy atom. The van der Waals surface area contributed by atoms with E-state index in [-0.39, 0.29) is 28.4 Å². The molecule has 1 atom stereocenters. The van der Waals surface area contributed by atoms with Crippen LogP contribution in [0.2, 0.25) is 5.15 Å². The van der Waals surface area contributed by atoms with Crippen molar-refractivity contribution in [2.75, 3.05) is 22.2 Å². The lowest BCUT2D eigenvalue weighted by atomic mass is 10.0. The minimum absolute atomic E-state index is 0.146. The predicted octanol–water partition coefficient (Wildman–Crippen LogP) is 3.30. The molecule has 3 aromatic heterocycles. The van der Waals surface area contributed by atoms with Crippen molar-refractivity contribution in [3.8, 4) is 0 Å². The molecule has 13 heteroatoms. The summed E-state index contributed by atoms with van der Waals surface area (Å²) in [5, 5.41) is 11.1. The maximum absolute atomic E-state index is 13.5. The highest BCUT2D eigenvalue weighted by Crippen LogP contribution is 2.32. The molecule has 37 heavy (non-hydrogen) atoms. The molecular formula is C24H26ClN9O2S. The van der Waals surface area contributed by atoms with E-state index in [1.807, 2.05) is 30.9 Å². The Bertz CT molecular complexity index is 1600. The number of nitrogens with zero attached hydrogens (tertiary/aromatic N) is 5. The molecule has 0 radical (unpaired) electrons. The molecule has 1 aromatic carbocycles. The number of amides is 1. The van der Waals surface area contributed by atoms with Gasteiger partial charge in [-0.1, -0.05) is 29.6 Å². The highest BCUT2D eigenvalue weighted by Gasteiger charge is 2.28. The fraction of sp³-hybridized carbons (Fsp3) is 0.292. The normalized spacial score (nSPS) is 13.6. The van der Waals surface area contributed by atoms with Gasteiger partial charge in [0.2, 0.25) is 5.95 Å². The number of benzene rings is 1. The first kappa shape index (κ1) is 24.9. The molecule has 0 saturated heterocycles. The summed E-state index contributed by atoms with van der Waals surface area (Å²) in [6.45, 7) is 4.91. The van der Waals surface area contributed by atoms with Crippen molar-refractivity contribution in [2.45, 2.75) is 33.0 Å². The van der Waals surface area contributed by atoms with Crippen LogP contribution < -0.4 is 26.2 Å². The Morgan fingerprint density at radius 2 is 2.05 bits per heavy atom. The predicted molar refractivity (Wildman–Crippen MR) is 147 cm³/mol. The number of anilines is 3. The molecule has 5 rings (SSSR count). The van der Waals surface area contributed by atoms with Crippen LogP contribution in [0, 0.1) is 6.92 Å². The second kappa shape index (κ2) is 9.60. The molecule has 11 nitrogen and oxygen atoms in total. The van der Waals surface area contributed by atoms with Crippen LogP contribution in [-0.4, -0.2) is 36.9 Å². The fourth-order valence-corrected chi connectivity index (χ4v) is 5.06. The van der Waals surface area contributed by atoms with E-state index in [2.05, 4.69) is 25.2 Å². The number of halogens is 1. The van der Waals surface area contributed by atoms with Gasteiger partial charge in [-0.15, -0.1) is 0 Å². The van der Waals surface area contributed by atoms with E-state index in [1.54, 1.807) is 30.0 Å². The first-order valence-electron chi connectivity index (χ1n) is 11.5. The van der Waals surface area contributed by atoms with E-state index >= 15 is 0 Å². The molecule has 5 N–H and O–H groups in total. The van der Waals surface area contributed by atoms with E-state index in [1.165, 1.54) is 11.9 Å². The molecule has 4 heterocycles. The minimum Gasteiger partial charge on any atom is -0.382 e. The molecule has 1 unspecified atom stereocenters. The molecule has 192 valence electrons. The van der Waals surface area contributed by atoms with E-state index in [9.17, 15) is 9.59 Å². The SMILES string of the molecule is CSNC(=O)c1nc(Cl)ccc1NC(C)c1cc(C)cc2c(=O)n(C)c(N3Cc4[nH]nc(N)c4C3)nc12. The first-order chi connectivity index (χ1) is 17.7. The topological polar surface area (TPSA) is 147 Å². The smallest absolute Gasteiger partial charge is 0.281 e. The number of fused-ring (bicyclic) bond motifs is 2. The number of aromatic nitrogens is 5. The quantitative estimate of drug-likeness (QED) is 0.214. The van der Waals surface area contributed by atoms with Crippen LogP contribution in [-0.2, 0) is 20.1 Å². The van der Waals surface area contributed by atoms with Crippen molar-refractivity contribution in [2.24, 2.45) is 7.05 Å². The number of hydrogen-bond donors (Lipinski definition) is 4. The maximum atomic E-state index is 13.5. The van der Waals surface area contributed by atoms with Gasteiger partial charge < -0.3 is 16.0 Å². The summed E-state index contributed by atoms with van der Waals surface area (Å²) in [6, 6.07) is 6.86. The third-order valence-electron chi connectivity index (χ3n) is 6.41. The fourth-order valence-electron chi connectivity index (χ4n) is 4.63. The number of pyridine rings is 1. The number of aryl methyl sites for hydroxylation is 1. The number of nitrogens with two attached hydrogens (primary N) is 1. The Morgan fingerprint density at radius 3 is 2.78 bits per heavy atom. The van der Waals surface area contributed by atoms with Gasteiger partial charge in [-0.2, -0.15) is 5.10 Å². The van der Waals surface area contributed by atoms with Gasteiger partial charge in [-0.05, 0) is 37.6 Å². The summed E-state index contributed by atoms with van der Waals surface area (Å²) < 4.78 is 4.24. The number of aromatic amines is 1. The van der Waals surface area contributed by atoms with Crippen molar-refractivity contribution < 1.29 is 4.79 Å². The largest absolute Gasteiger partial charge is 0.382 e. The van der Waals surface area contributed by atoms with Crippen molar-refractivity contribution in [3.63, 3.8) is 0 Å². The molecule has 0 saturated carbocycles. The summed E-state index contributed by atoms with van der Waals surface area (Å²) in [7, 11) is 1.72. The van der Waals surface area contributed by atoms with Gasteiger partial charge in [0.15, 0.2) is 11.5 Å². The summed E-state index contributed by atoms with van der Waals surface area (Å²) in [5.41, 5.74) is 10.7. The van der Waals surface area contributed by atoms with Crippen LogP contribution in [0.25, 0.3) is 10.9 Å². The van der Waals surface area contributed by atoms with Gasteiger partial charge in [0.1, 0.15) is 5.15 Å². The number of nitrogens with one attached hydrogen (secondary N) is 3. The summed E-state index contributed by atoms with van der Waals surface area (Å²) in [6.07, 6.45) is 1.75. The van der Waals surface area contributed by atoms with E-state index in [0.29, 0.717) is 41.4 Å². The van der Waals surface area contributed by atoms with Crippen LogP contribution >= 0.6 is 23.5 Å². The van der Waals surface area contributed by atoms with Crippen molar-refractivity contribution in [1.82, 2.24) is 29.5 Å². The molecule has 0 spiro atoms. The highest BCUT2D eigenvalue weighted by molar-refractivity contribution is 7.97. The molecule has 0 aliphatic carbocycles. The zero-order valence-corrected chi connectivity index (χ0v) is 22.3. The number of carbonyl (C=O) groups is 1. The van der Waals surface area contributed by atoms with Crippen LogP contribution in [0.3, 0.4) is 0 Å². The molecule has 4 aromatic rings. The number of rotatable bonds is 6.